The van der Waals surface area contributed by atoms with Crippen LogP contribution in [0.3, 0.4) is 0 Å². The van der Waals surface area contributed by atoms with Crippen LogP contribution in [0.25, 0.3) is 0 Å². The number of piperidine rings is 1. The molecule has 0 atom stereocenters. The second-order valence-corrected chi connectivity index (χ2v) is 7.14. The first-order chi connectivity index (χ1) is 8.87. The molecule has 6 nitrogen and oxygen atoms in total. The van der Waals surface area contributed by atoms with Crippen molar-refractivity contribution >= 4 is 16.2 Å². The summed E-state index contributed by atoms with van der Waals surface area (Å²) in [6.45, 7) is 3.25. The minimum Gasteiger partial charge on any atom is -0.481 e. The maximum absolute atomic E-state index is 12.2. The van der Waals surface area contributed by atoms with Gasteiger partial charge in [-0.2, -0.15) is 17.0 Å². The lowest BCUT2D eigenvalue weighted by Gasteiger charge is -2.33. The number of nitrogens with zero attached hydrogens (tertiary/aromatic N) is 2. The summed E-state index contributed by atoms with van der Waals surface area (Å²) in [7, 11) is -2.05. The van der Waals surface area contributed by atoms with Crippen LogP contribution in [0.4, 0.5) is 0 Å². The second-order valence-electron chi connectivity index (χ2n) is 5.10. The summed E-state index contributed by atoms with van der Waals surface area (Å²) in [5, 5.41) is 8.60. The number of rotatable bonds is 7. The molecule has 1 saturated heterocycles. The Morgan fingerprint density at radius 3 is 2.42 bits per heavy atom. The first-order valence-corrected chi connectivity index (χ1v) is 8.20. The summed E-state index contributed by atoms with van der Waals surface area (Å²) in [4.78, 5) is 10.5. The number of carbonyl (C=O) groups is 1. The molecule has 0 aromatic rings. The Morgan fingerprint density at radius 1 is 1.37 bits per heavy atom. The quantitative estimate of drug-likeness (QED) is 0.763. The molecule has 1 heterocycles. The van der Waals surface area contributed by atoms with Gasteiger partial charge in [-0.3, -0.25) is 4.79 Å². The Kier molecular flexibility index (Phi) is 6.22. The van der Waals surface area contributed by atoms with Gasteiger partial charge in [0.1, 0.15) is 0 Å². The van der Waals surface area contributed by atoms with Crippen LogP contribution in [0.2, 0.25) is 0 Å². The van der Waals surface area contributed by atoms with Crippen LogP contribution in [0.5, 0.6) is 0 Å². The molecule has 0 radical (unpaired) electrons. The van der Waals surface area contributed by atoms with E-state index >= 15 is 0 Å². The molecule has 0 saturated carbocycles. The van der Waals surface area contributed by atoms with Gasteiger partial charge in [-0.05, 0) is 18.8 Å². The highest BCUT2D eigenvalue weighted by atomic mass is 32.2. The molecular formula is C12H24N2O4S. The highest BCUT2D eigenvalue weighted by Gasteiger charge is 2.30. The molecule has 1 N–H and O–H groups in total. The second kappa shape index (κ2) is 7.21. The monoisotopic (exact) mass is 292 g/mol. The largest absolute Gasteiger partial charge is 0.481 e. The summed E-state index contributed by atoms with van der Waals surface area (Å²) in [5.74, 6) is -0.357. The number of hydrogen-bond donors (Lipinski definition) is 1. The summed E-state index contributed by atoms with van der Waals surface area (Å²) in [5.41, 5.74) is 0. The average molecular weight is 292 g/mol. The van der Waals surface area contributed by atoms with Crippen molar-refractivity contribution in [1.82, 2.24) is 8.61 Å². The van der Waals surface area contributed by atoms with Crippen molar-refractivity contribution in [3.05, 3.63) is 0 Å². The van der Waals surface area contributed by atoms with Gasteiger partial charge >= 0.3 is 5.97 Å². The zero-order valence-electron chi connectivity index (χ0n) is 11.7. The van der Waals surface area contributed by atoms with Gasteiger partial charge in [0.25, 0.3) is 10.2 Å². The van der Waals surface area contributed by atoms with Crippen molar-refractivity contribution in [2.24, 2.45) is 5.92 Å². The van der Waals surface area contributed by atoms with Crippen LogP contribution >= 0.6 is 0 Å². The lowest BCUT2D eigenvalue weighted by atomic mass is 9.94. The first-order valence-electron chi connectivity index (χ1n) is 6.81. The van der Waals surface area contributed by atoms with Crippen molar-refractivity contribution in [3.8, 4) is 0 Å². The van der Waals surface area contributed by atoms with Gasteiger partial charge in [0.05, 0.1) is 6.42 Å². The Hall–Kier alpha value is -0.660. The van der Waals surface area contributed by atoms with Crippen molar-refractivity contribution < 1.29 is 18.3 Å². The van der Waals surface area contributed by atoms with E-state index in [1.165, 1.54) is 11.4 Å². The van der Waals surface area contributed by atoms with E-state index in [1.807, 2.05) is 0 Å². The third-order valence-electron chi connectivity index (χ3n) is 3.63. The zero-order valence-corrected chi connectivity index (χ0v) is 12.5. The minimum absolute atomic E-state index is 0.0204. The van der Waals surface area contributed by atoms with Gasteiger partial charge in [-0.25, -0.2) is 0 Å². The standard InChI is InChI=1S/C12H24N2O4S/c1-3-4-11-5-9-14(10-6-11)19(17,18)13(2)8-7-12(15)16/h11H,3-10H2,1-2H3,(H,15,16). The van der Waals surface area contributed by atoms with E-state index in [9.17, 15) is 13.2 Å². The molecule has 0 unspecified atom stereocenters. The molecule has 0 aliphatic carbocycles. The van der Waals surface area contributed by atoms with E-state index in [0.29, 0.717) is 19.0 Å². The van der Waals surface area contributed by atoms with E-state index in [2.05, 4.69) is 6.92 Å². The SMILES string of the molecule is CCCC1CCN(S(=O)(=O)N(C)CCC(=O)O)CC1. The molecule has 112 valence electrons. The van der Waals surface area contributed by atoms with Crippen LogP contribution in [0.1, 0.15) is 39.0 Å². The molecule has 1 fully saturated rings. The predicted molar refractivity (Wildman–Crippen MR) is 73.0 cm³/mol. The third-order valence-corrected chi connectivity index (χ3v) is 5.62. The molecule has 0 bridgehead atoms. The van der Waals surface area contributed by atoms with Crippen LogP contribution in [0, 0.1) is 5.92 Å². The molecule has 0 aromatic heterocycles. The number of hydrogen-bond acceptors (Lipinski definition) is 3. The number of aliphatic carboxylic acids is 1. The van der Waals surface area contributed by atoms with Crippen molar-refractivity contribution in [3.63, 3.8) is 0 Å². The van der Waals surface area contributed by atoms with Gasteiger partial charge < -0.3 is 5.11 Å². The fourth-order valence-electron chi connectivity index (χ4n) is 2.40. The average Bonchev–Trinajstić information content (AvgIpc) is 2.36. The number of carboxylic acids is 1. The number of carboxylic acid groups (broad SMARTS) is 1. The Labute approximate surface area is 115 Å². The maximum Gasteiger partial charge on any atom is 0.304 e. The zero-order chi connectivity index (χ0) is 14.5. The summed E-state index contributed by atoms with van der Waals surface area (Å²) in [6.07, 6.45) is 3.93. The van der Waals surface area contributed by atoms with E-state index in [4.69, 9.17) is 5.11 Å². The Balaban J connectivity index is 2.52. The molecular weight excluding hydrogens is 268 g/mol. The van der Waals surface area contributed by atoms with Crippen molar-refractivity contribution in [2.45, 2.75) is 39.0 Å². The lowest BCUT2D eigenvalue weighted by molar-refractivity contribution is -0.137. The lowest BCUT2D eigenvalue weighted by Crippen LogP contribution is -2.46. The topological polar surface area (TPSA) is 77.9 Å². The molecule has 1 aliphatic rings. The summed E-state index contributed by atoms with van der Waals surface area (Å²) >= 11 is 0. The van der Waals surface area contributed by atoms with Gasteiger partial charge in [-0.15, -0.1) is 0 Å². The van der Waals surface area contributed by atoms with Crippen LogP contribution in [0.15, 0.2) is 0 Å². The highest BCUT2D eigenvalue weighted by Crippen LogP contribution is 2.24. The summed E-state index contributed by atoms with van der Waals surface area (Å²) < 4.78 is 27.1. The van der Waals surface area contributed by atoms with Gasteiger partial charge in [-0.1, -0.05) is 19.8 Å². The van der Waals surface area contributed by atoms with Gasteiger partial charge in [0, 0.05) is 26.7 Å². The molecule has 19 heavy (non-hydrogen) atoms. The maximum atomic E-state index is 12.2. The summed E-state index contributed by atoms with van der Waals surface area (Å²) in [6, 6.07) is 0. The van der Waals surface area contributed by atoms with Crippen LogP contribution in [-0.4, -0.2) is 54.8 Å². The minimum atomic E-state index is -3.49. The third kappa shape index (κ3) is 4.74. The van der Waals surface area contributed by atoms with Crippen molar-refractivity contribution in [1.29, 1.82) is 0 Å². The van der Waals surface area contributed by atoms with E-state index in [1.54, 1.807) is 0 Å². The fourth-order valence-corrected chi connectivity index (χ4v) is 3.79. The van der Waals surface area contributed by atoms with Gasteiger partial charge in [0.15, 0.2) is 0 Å². The molecule has 0 aromatic carbocycles. The first kappa shape index (κ1) is 16.4. The molecule has 0 amide bonds. The predicted octanol–water partition coefficient (Wildman–Crippen LogP) is 1.15. The smallest absolute Gasteiger partial charge is 0.304 e. The van der Waals surface area contributed by atoms with Crippen LogP contribution in [-0.2, 0) is 15.0 Å². The molecule has 1 rings (SSSR count). The highest BCUT2D eigenvalue weighted by molar-refractivity contribution is 7.86. The van der Waals surface area contributed by atoms with E-state index in [-0.39, 0.29) is 13.0 Å². The molecule has 0 spiro atoms. The Morgan fingerprint density at radius 2 is 1.95 bits per heavy atom. The molecule has 1 aliphatic heterocycles. The normalized spacial score (nSPS) is 18.9. The Bertz CT molecular complexity index is 389. The fraction of sp³-hybridized carbons (Fsp3) is 0.917. The van der Waals surface area contributed by atoms with E-state index in [0.717, 1.165) is 30.0 Å². The van der Waals surface area contributed by atoms with Crippen LogP contribution < -0.4 is 0 Å². The van der Waals surface area contributed by atoms with E-state index < -0.39 is 16.2 Å². The van der Waals surface area contributed by atoms with Crippen molar-refractivity contribution in [2.75, 3.05) is 26.7 Å². The molecule has 7 heteroatoms. The van der Waals surface area contributed by atoms with Gasteiger partial charge in [0.2, 0.25) is 0 Å².